The topological polar surface area (TPSA) is 38.0 Å². The molecule has 0 aromatic heterocycles. The van der Waals surface area contributed by atoms with E-state index in [0.717, 1.165) is 17.9 Å². The second kappa shape index (κ2) is 5.23. The normalized spacial score (nSPS) is 25.3. The van der Waals surface area contributed by atoms with Crippen molar-refractivity contribution in [3.8, 4) is 0 Å². The minimum atomic E-state index is -4.07. The summed E-state index contributed by atoms with van der Waals surface area (Å²) in [4.78, 5) is 0. The first-order valence-corrected chi connectivity index (χ1v) is 5.79. The highest BCUT2D eigenvalue weighted by Gasteiger charge is 2.31. The Morgan fingerprint density at radius 1 is 1.50 bits per heavy atom. The summed E-state index contributed by atoms with van der Waals surface area (Å²) in [5.41, 5.74) is 2.50. The molecule has 0 bridgehead atoms. The van der Waals surface area contributed by atoms with Crippen molar-refractivity contribution in [2.24, 2.45) is 11.8 Å². The van der Waals surface area contributed by atoms with Crippen molar-refractivity contribution in [2.75, 3.05) is 11.5 Å². The summed E-state index contributed by atoms with van der Waals surface area (Å²) in [7, 11) is 0. The van der Waals surface area contributed by atoms with Crippen molar-refractivity contribution in [1.29, 1.82) is 0 Å². The van der Waals surface area contributed by atoms with Gasteiger partial charge in [0.15, 0.2) is 0 Å². The highest BCUT2D eigenvalue weighted by molar-refractivity contribution is 7.99. The Morgan fingerprint density at radius 3 is 2.64 bits per heavy atom. The molecule has 14 heavy (non-hydrogen) atoms. The number of thioether (sulfide) groups is 1. The van der Waals surface area contributed by atoms with E-state index in [0.29, 0.717) is 5.92 Å². The van der Waals surface area contributed by atoms with Crippen molar-refractivity contribution in [3.05, 3.63) is 0 Å². The standard InChI is InChI=1S/C8H15F3N2S/c9-8(10,11)3-1-7(13-12)6-2-4-14-5-6/h6-7,13H,1-5,12H2. The minimum absolute atomic E-state index is 0.0885. The third-order valence-corrected chi connectivity index (χ3v) is 3.68. The molecule has 1 rings (SSSR count). The number of hydrazine groups is 1. The molecule has 1 saturated heterocycles. The van der Waals surface area contributed by atoms with E-state index in [1.807, 2.05) is 0 Å². The molecule has 6 heteroatoms. The molecule has 1 heterocycles. The lowest BCUT2D eigenvalue weighted by Gasteiger charge is -2.22. The first-order chi connectivity index (χ1) is 6.53. The lowest BCUT2D eigenvalue weighted by molar-refractivity contribution is -0.137. The Kier molecular flexibility index (Phi) is 4.53. The fraction of sp³-hybridized carbons (Fsp3) is 1.00. The van der Waals surface area contributed by atoms with Gasteiger partial charge in [-0.3, -0.25) is 11.3 Å². The summed E-state index contributed by atoms with van der Waals surface area (Å²) < 4.78 is 35.9. The molecule has 2 atom stereocenters. The van der Waals surface area contributed by atoms with Crippen molar-refractivity contribution >= 4 is 11.8 Å². The Labute approximate surface area is 85.8 Å². The molecular formula is C8H15F3N2S. The maximum Gasteiger partial charge on any atom is 0.389 e. The van der Waals surface area contributed by atoms with Gasteiger partial charge in [0.1, 0.15) is 0 Å². The minimum Gasteiger partial charge on any atom is -0.271 e. The van der Waals surface area contributed by atoms with E-state index < -0.39 is 12.6 Å². The smallest absolute Gasteiger partial charge is 0.271 e. The summed E-state index contributed by atoms with van der Waals surface area (Å²) in [6, 6.07) is -0.188. The van der Waals surface area contributed by atoms with Crippen LogP contribution in [0.5, 0.6) is 0 Å². The molecule has 1 fully saturated rings. The molecule has 0 amide bonds. The van der Waals surface area contributed by atoms with E-state index in [1.54, 1.807) is 11.8 Å². The van der Waals surface area contributed by atoms with Crippen LogP contribution in [-0.4, -0.2) is 23.7 Å². The predicted octanol–water partition coefficient (Wildman–Crippen LogP) is 1.91. The summed E-state index contributed by atoms with van der Waals surface area (Å²) in [6.45, 7) is 0. The van der Waals surface area contributed by atoms with Crippen LogP contribution in [0.25, 0.3) is 0 Å². The summed E-state index contributed by atoms with van der Waals surface area (Å²) in [6.07, 6.45) is -3.76. The van der Waals surface area contributed by atoms with Gasteiger partial charge in [0.2, 0.25) is 0 Å². The maximum absolute atomic E-state index is 12.0. The lowest BCUT2D eigenvalue weighted by atomic mass is 9.95. The van der Waals surface area contributed by atoms with Crippen LogP contribution < -0.4 is 11.3 Å². The summed E-state index contributed by atoms with van der Waals surface area (Å²) in [5, 5.41) is 0. The largest absolute Gasteiger partial charge is 0.389 e. The van der Waals surface area contributed by atoms with Gasteiger partial charge in [-0.1, -0.05) is 0 Å². The van der Waals surface area contributed by atoms with Crippen LogP contribution in [0.3, 0.4) is 0 Å². The van der Waals surface area contributed by atoms with Gasteiger partial charge in [-0.25, -0.2) is 0 Å². The third-order valence-electron chi connectivity index (χ3n) is 2.49. The van der Waals surface area contributed by atoms with E-state index in [2.05, 4.69) is 5.43 Å². The highest BCUT2D eigenvalue weighted by Crippen LogP contribution is 2.30. The number of halogens is 3. The number of alkyl halides is 3. The van der Waals surface area contributed by atoms with Crippen LogP contribution in [0.1, 0.15) is 19.3 Å². The Bertz CT molecular complexity index is 168. The quantitative estimate of drug-likeness (QED) is 0.570. The zero-order valence-corrected chi connectivity index (χ0v) is 8.63. The Morgan fingerprint density at radius 2 is 2.21 bits per heavy atom. The fourth-order valence-electron chi connectivity index (χ4n) is 1.64. The molecule has 0 saturated carbocycles. The molecule has 1 aliphatic rings. The van der Waals surface area contributed by atoms with Crippen molar-refractivity contribution in [2.45, 2.75) is 31.5 Å². The van der Waals surface area contributed by atoms with Crippen LogP contribution in [0.2, 0.25) is 0 Å². The molecule has 2 nitrogen and oxygen atoms in total. The molecular weight excluding hydrogens is 213 g/mol. The molecule has 3 N–H and O–H groups in total. The Hall–Kier alpha value is 0.0600. The van der Waals surface area contributed by atoms with Crippen LogP contribution >= 0.6 is 11.8 Å². The molecule has 0 aliphatic carbocycles. The lowest BCUT2D eigenvalue weighted by Crippen LogP contribution is -2.41. The van der Waals surface area contributed by atoms with E-state index in [1.165, 1.54) is 0 Å². The maximum atomic E-state index is 12.0. The predicted molar refractivity (Wildman–Crippen MR) is 51.8 cm³/mol. The molecule has 0 aromatic carbocycles. The molecule has 0 spiro atoms. The zero-order valence-electron chi connectivity index (χ0n) is 7.81. The van der Waals surface area contributed by atoms with Gasteiger partial charge >= 0.3 is 6.18 Å². The van der Waals surface area contributed by atoms with Crippen LogP contribution in [0.4, 0.5) is 13.2 Å². The van der Waals surface area contributed by atoms with Gasteiger partial charge in [-0.2, -0.15) is 24.9 Å². The van der Waals surface area contributed by atoms with Crippen molar-refractivity contribution in [1.82, 2.24) is 5.43 Å². The van der Waals surface area contributed by atoms with Gasteiger partial charge in [0, 0.05) is 12.5 Å². The van der Waals surface area contributed by atoms with Gasteiger partial charge in [-0.05, 0) is 30.3 Å². The summed E-state index contributed by atoms with van der Waals surface area (Å²) >= 11 is 1.78. The van der Waals surface area contributed by atoms with Crippen molar-refractivity contribution in [3.63, 3.8) is 0 Å². The number of hydrogen-bond acceptors (Lipinski definition) is 3. The third kappa shape index (κ3) is 4.06. The van der Waals surface area contributed by atoms with E-state index in [4.69, 9.17) is 5.84 Å². The SMILES string of the molecule is NNC(CCC(F)(F)F)C1CCSC1. The van der Waals surface area contributed by atoms with Crippen molar-refractivity contribution < 1.29 is 13.2 Å². The first kappa shape index (κ1) is 12.1. The van der Waals surface area contributed by atoms with Crippen LogP contribution in [-0.2, 0) is 0 Å². The zero-order chi connectivity index (χ0) is 10.6. The number of hydrogen-bond donors (Lipinski definition) is 2. The monoisotopic (exact) mass is 228 g/mol. The fourth-order valence-corrected chi connectivity index (χ4v) is 2.98. The second-order valence-electron chi connectivity index (χ2n) is 3.55. The Balaban J connectivity index is 2.31. The van der Waals surface area contributed by atoms with E-state index in [9.17, 15) is 13.2 Å². The molecule has 2 unspecified atom stereocenters. The average Bonchev–Trinajstić information content (AvgIpc) is 2.56. The molecule has 0 radical (unpaired) electrons. The first-order valence-electron chi connectivity index (χ1n) is 4.63. The average molecular weight is 228 g/mol. The van der Waals surface area contributed by atoms with Gasteiger partial charge in [-0.15, -0.1) is 0 Å². The van der Waals surface area contributed by atoms with Gasteiger partial charge in [0.05, 0.1) is 0 Å². The number of rotatable bonds is 4. The van der Waals surface area contributed by atoms with Gasteiger partial charge < -0.3 is 0 Å². The number of nitrogens with one attached hydrogen (secondary N) is 1. The molecule has 0 aromatic rings. The van der Waals surface area contributed by atoms with E-state index >= 15 is 0 Å². The highest BCUT2D eigenvalue weighted by atomic mass is 32.2. The van der Waals surface area contributed by atoms with Crippen LogP contribution in [0.15, 0.2) is 0 Å². The second-order valence-corrected chi connectivity index (χ2v) is 4.70. The van der Waals surface area contributed by atoms with Crippen LogP contribution in [0, 0.1) is 5.92 Å². The number of nitrogens with two attached hydrogens (primary N) is 1. The molecule has 1 aliphatic heterocycles. The van der Waals surface area contributed by atoms with Gasteiger partial charge in [0.25, 0.3) is 0 Å². The molecule has 84 valence electrons. The summed E-state index contributed by atoms with van der Waals surface area (Å²) in [5.74, 6) is 7.51. The van der Waals surface area contributed by atoms with E-state index in [-0.39, 0.29) is 12.5 Å².